The predicted molar refractivity (Wildman–Crippen MR) is 87.7 cm³/mol. The van der Waals surface area contributed by atoms with Gasteiger partial charge in [0.05, 0.1) is 11.4 Å². The van der Waals surface area contributed by atoms with Crippen LogP contribution in [0.2, 0.25) is 0 Å². The smallest absolute Gasteiger partial charge is 0.317 e. The lowest BCUT2D eigenvalue weighted by Gasteiger charge is -2.13. The Balaban J connectivity index is 1.84. The Morgan fingerprint density at radius 1 is 1.08 bits per heavy atom. The predicted octanol–water partition coefficient (Wildman–Crippen LogP) is 3.63. The van der Waals surface area contributed by atoms with Gasteiger partial charge in [-0.2, -0.15) is 0 Å². The minimum atomic E-state index is -1.10. The summed E-state index contributed by atoms with van der Waals surface area (Å²) in [7, 11) is 0. The van der Waals surface area contributed by atoms with E-state index in [0.29, 0.717) is 4.90 Å². The Morgan fingerprint density at radius 3 is 2.38 bits per heavy atom. The number of carbonyl (C=O) groups excluding carboxylic acids is 2. The summed E-state index contributed by atoms with van der Waals surface area (Å²) in [5.74, 6) is -2.47. The molecule has 0 aliphatic carbocycles. The van der Waals surface area contributed by atoms with E-state index in [4.69, 9.17) is 4.74 Å². The molecule has 24 heavy (non-hydrogen) atoms. The average Bonchev–Trinajstić information content (AvgIpc) is 2.56. The van der Waals surface area contributed by atoms with Crippen LogP contribution in [0.1, 0.15) is 6.92 Å². The van der Waals surface area contributed by atoms with Crippen molar-refractivity contribution in [1.82, 2.24) is 0 Å². The van der Waals surface area contributed by atoms with E-state index in [1.807, 2.05) is 0 Å². The van der Waals surface area contributed by atoms with Crippen LogP contribution in [0.4, 0.5) is 14.5 Å². The van der Waals surface area contributed by atoms with E-state index in [2.05, 4.69) is 5.32 Å². The molecule has 4 nitrogen and oxygen atoms in total. The van der Waals surface area contributed by atoms with Crippen molar-refractivity contribution >= 4 is 29.3 Å². The molecule has 1 N–H and O–H groups in total. The molecule has 0 fully saturated rings. The lowest BCUT2D eigenvalue weighted by molar-refractivity contribution is -0.150. The van der Waals surface area contributed by atoms with Crippen LogP contribution in [0.3, 0.4) is 0 Å². The number of benzene rings is 2. The van der Waals surface area contributed by atoms with Crippen molar-refractivity contribution in [3.63, 3.8) is 0 Å². The second kappa shape index (κ2) is 8.44. The van der Waals surface area contributed by atoms with Crippen LogP contribution in [0.15, 0.2) is 53.4 Å². The number of carbonyl (C=O) groups is 2. The maximum absolute atomic E-state index is 13.5. The molecule has 0 saturated heterocycles. The highest BCUT2D eigenvalue weighted by Gasteiger charge is 2.19. The number of hydrogen-bond acceptors (Lipinski definition) is 4. The fourth-order valence-electron chi connectivity index (χ4n) is 1.78. The van der Waals surface area contributed by atoms with E-state index in [1.54, 1.807) is 24.3 Å². The van der Waals surface area contributed by atoms with Gasteiger partial charge in [-0.1, -0.05) is 24.3 Å². The van der Waals surface area contributed by atoms with Crippen LogP contribution in [0, 0.1) is 11.6 Å². The zero-order valence-electron chi connectivity index (χ0n) is 12.8. The molecule has 0 aliphatic heterocycles. The first-order valence-electron chi connectivity index (χ1n) is 7.09. The van der Waals surface area contributed by atoms with Crippen LogP contribution >= 0.6 is 11.8 Å². The number of amides is 1. The molecule has 0 heterocycles. The molecule has 2 aromatic carbocycles. The van der Waals surface area contributed by atoms with Crippen LogP contribution in [0.25, 0.3) is 0 Å². The van der Waals surface area contributed by atoms with Crippen molar-refractivity contribution in [3.05, 3.63) is 60.2 Å². The molecule has 2 aromatic rings. The van der Waals surface area contributed by atoms with Crippen LogP contribution in [-0.4, -0.2) is 23.7 Å². The molecule has 0 radical (unpaired) electrons. The second-order valence-corrected chi connectivity index (χ2v) is 5.84. The fraction of sp³-hybridized carbons (Fsp3) is 0.176. The number of anilines is 1. The van der Waals surface area contributed by atoms with Gasteiger partial charge in [0.1, 0.15) is 11.6 Å². The zero-order valence-corrected chi connectivity index (χ0v) is 13.6. The van der Waals surface area contributed by atoms with E-state index >= 15 is 0 Å². The molecule has 126 valence electrons. The van der Waals surface area contributed by atoms with Gasteiger partial charge in [-0.3, -0.25) is 9.59 Å². The highest BCUT2D eigenvalue weighted by Crippen LogP contribution is 2.21. The van der Waals surface area contributed by atoms with Crippen LogP contribution in [-0.2, 0) is 14.3 Å². The molecule has 0 aliphatic rings. The number of thioether (sulfide) groups is 1. The van der Waals surface area contributed by atoms with E-state index in [0.717, 1.165) is 11.8 Å². The molecule has 0 unspecified atom stereocenters. The summed E-state index contributed by atoms with van der Waals surface area (Å²) in [5, 5.41) is 2.34. The first kappa shape index (κ1) is 17.9. The Bertz CT molecular complexity index is 739. The highest BCUT2D eigenvalue weighted by atomic mass is 32.2. The van der Waals surface area contributed by atoms with Gasteiger partial charge < -0.3 is 10.1 Å². The zero-order chi connectivity index (χ0) is 17.5. The molecule has 2 rings (SSSR count). The largest absolute Gasteiger partial charge is 0.452 e. The van der Waals surface area contributed by atoms with Gasteiger partial charge in [-0.05, 0) is 31.2 Å². The molecule has 0 aromatic heterocycles. The minimum Gasteiger partial charge on any atom is -0.452 e. The quantitative estimate of drug-likeness (QED) is 0.638. The van der Waals surface area contributed by atoms with Gasteiger partial charge in [-0.25, -0.2) is 8.78 Å². The van der Waals surface area contributed by atoms with E-state index < -0.39 is 29.6 Å². The van der Waals surface area contributed by atoms with Crippen LogP contribution < -0.4 is 5.32 Å². The van der Waals surface area contributed by atoms with Gasteiger partial charge in [0.2, 0.25) is 0 Å². The topological polar surface area (TPSA) is 55.4 Å². The molecular formula is C17H15F2NO3S. The normalized spacial score (nSPS) is 11.6. The third kappa shape index (κ3) is 5.06. The summed E-state index contributed by atoms with van der Waals surface area (Å²) in [4.78, 5) is 24.0. The first-order valence-corrected chi connectivity index (χ1v) is 8.08. The van der Waals surface area contributed by atoms with Crippen molar-refractivity contribution in [2.75, 3.05) is 11.1 Å². The maximum Gasteiger partial charge on any atom is 0.317 e. The van der Waals surface area contributed by atoms with Crippen LogP contribution in [0.5, 0.6) is 0 Å². The van der Waals surface area contributed by atoms with E-state index in [1.165, 1.54) is 31.2 Å². The maximum atomic E-state index is 13.5. The van der Waals surface area contributed by atoms with Gasteiger partial charge in [0.25, 0.3) is 5.91 Å². The van der Waals surface area contributed by atoms with Crippen molar-refractivity contribution < 1.29 is 23.1 Å². The number of hydrogen-bond donors (Lipinski definition) is 1. The second-order valence-electron chi connectivity index (χ2n) is 4.82. The van der Waals surface area contributed by atoms with Gasteiger partial charge in [0, 0.05) is 4.90 Å². The molecular weight excluding hydrogens is 336 g/mol. The summed E-state index contributed by atoms with van der Waals surface area (Å²) >= 11 is 0.974. The summed E-state index contributed by atoms with van der Waals surface area (Å²) in [5.41, 5.74) is 0.00568. The Hall–Kier alpha value is -2.41. The van der Waals surface area contributed by atoms with Gasteiger partial charge in [-0.15, -0.1) is 11.8 Å². The third-order valence-electron chi connectivity index (χ3n) is 2.99. The molecule has 0 saturated carbocycles. The summed E-state index contributed by atoms with van der Waals surface area (Å²) in [6.45, 7) is 1.38. The minimum absolute atomic E-state index is 0.00568. The number of esters is 1. The molecule has 0 bridgehead atoms. The van der Waals surface area contributed by atoms with Crippen molar-refractivity contribution in [2.45, 2.75) is 17.9 Å². The third-order valence-corrected chi connectivity index (χ3v) is 4.01. The lowest BCUT2D eigenvalue weighted by Crippen LogP contribution is -2.30. The standard InChI is InChI=1S/C17H15F2NO3S/c1-11(17(22)20-14-8-4-2-6-12(14)18)23-16(21)10-24-15-9-5-3-7-13(15)19/h2-9,11H,10H2,1H3,(H,20,22)/t11-/m1/s1. The molecule has 1 atom stereocenters. The monoisotopic (exact) mass is 351 g/mol. The molecule has 7 heteroatoms. The number of halogens is 2. The summed E-state index contributed by atoms with van der Waals surface area (Å²) < 4.78 is 31.9. The van der Waals surface area contributed by atoms with Gasteiger partial charge in [0.15, 0.2) is 6.10 Å². The van der Waals surface area contributed by atoms with Gasteiger partial charge >= 0.3 is 5.97 Å². The number of nitrogens with one attached hydrogen (secondary N) is 1. The highest BCUT2D eigenvalue weighted by molar-refractivity contribution is 8.00. The SMILES string of the molecule is C[C@@H](OC(=O)CSc1ccccc1F)C(=O)Nc1ccccc1F. The summed E-state index contributed by atoms with van der Waals surface area (Å²) in [6.07, 6.45) is -1.10. The van der Waals surface area contributed by atoms with Crippen molar-refractivity contribution in [1.29, 1.82) is 0 Å². The Morgan fingerprint density at radius 2 is 1.71 bits per heavy atom. The van der Waals surface area contributed by atoms with Crippen molar-refractivity contribution in [3.8, 4) is 0 Å². The Kier molecular flexibility index (Phi) is 6.31. The molecule has 0 spiro atoms. The first-order chi connectivity index (χ1) is 11.5. The number of ether oxygens (including phenoxy) is 1. The van der Waals surface area contributed by atoms with Crippen molar-refractivity contribution in [2.24, 2.45) is 0 Å². The average molecular weight is 351 g/mol. The number of para-hydroxylation sites is 1. The molecule has 1 amide bonds. The fourth-order valence-corrected chi connectivity index (χ4v) is 2.50. The summed E-state index contributed by atoms with van der Waals surface area (Å²) in [6, 6.07) is 11.7. The van der Waals surface area contributed by atoms with E-state index in [-0.39, 0.29) is 11.4 Å². The lowest BCUT2D eigenvalue weighted by atomic mass is 10.3. The Labute approximate surface area is 142 Å². The number of rotatable bonds is 6. The van der Waals surface area contributed by atoms with E-state index in [9.17, 15) is 18.4 Å².